The van der Waals surface area contributed by atoms with E-state index >= 15 is 0 Å². The van der Waals surface area contributed by atoms with Crippen LogP contribution in [-0.4, -0.2) is 18.2 Å². The molecular weight excluding hydrogens is 284 g/mol. The topological polar surface area (TPSA) is 46.5 Å². The normalized spacial score (nSPS) is 10.2. The summed E-state index contributed by atoms with van der Waals surface area (Å²) in [6.07, 6.45) is 0. The molecule has 19 heavy (non-hydrogen) atoms. The molecule has 0 bridgehead atoms. The highest BCUT2D eigenvalue weighted by Crippen LogP contribution is 2.31. The smallest absolute Gasteiger partial charge is 0.337 e. The van der Waals surface area contributed by atoms with E-state index in [0.717, 1.165) is 15.5 Å². The minimum absolute atomic E-state index is 0.111. The van der Waals surface area contributed by atoms with Gasteiger partial charge in [0.25, 0.3) is 0 Å². The van der Waals surface area contributed by atoms with E-state index in [9.17, 15) is 4.79 Å². The molecule has 2 aromatic rings. The maximum atomic E-state index is 11.0. The number of carbonyl (C=O) groups is 1. The Hall–Kier alpha value is -1.65. The molecule has 0 fully saturated rings. The second-order valence-electron chi connectivity index (χ2n) is 3.72. The molecule has 2 rings (SSSR count). The van der Waals surface area contributed by atoms with E-state index in [1.54, 1.807) is 25.3 Å². The fourth-order valence-electron chi connectivity index (χ4n) is 1.51. The van der Waals surface area contributed by atoms with Gasteiger partial charge < -0.3 is 9.84 Å². The van der Waals surface area contributed by atoms with Gasteiger partial charge in [-0.05, 0) is 42.5 Å². The van der Waals surface area contributed by atoms with Crippen molar-refractivity contribution in [2.24, 2.45) is 0 Å². The third-order valence-electron chi connectivity index (χ3n) is 2.46. The SMILES string of the molecule is COc1ccc(Sc2ccc(Cl)c(C(=O)O)c2)cc1. The lowest BCUT2D eigenvalue weighted by Crippen LogP contribution is -1.97. The average Bonchev–Trinajstić information content (AvgIpc) is 2.41. The van der Waals surface area contributed by atoms with Crippen LogP contribution in [0.25, 0.3) is 0 Å². The largest absolute Gasteiger partial charge is 0.497 e. The Balaban J connectivity index is 2.22. The highest BCUT2D eigenvalue weighted by molar-refractivity contribution is 7.99. The van der Waals surface area contributed by atoms with E-state index in [-0.39, 0.29) is 10.6 Å². The van der Waals surface area contributed by atoms with Gasteiger partial charge in [0.05, 0.1) is 17.7 Å². The quantitative estimate of drug-likeness (QED) is 0.918. The van der Waals surface area contributed by atoms with Gasteiger partial charge in [0.2, 0.25) is 0 Å². The zero-order chi connectivity index (χ0) is 13.8. The van der Waals surface area contributed by atoms with Gasteiger partial charge in [-0.2, -0.15) is 0 Å². The Bertz CT molecular complexity index is 596. The number of aromatic carboxylic acids is 1. The van der Waals surface area contributed by atoms with Crippen molar-refractivity contribution in [2.45, 2.75) is 9.79 Å². The molecule has 0 spiro atoms. The minimum Gasteiger partial charge on any atom is -0.497 e. The van der Waals surface area contributed by atoms with Crippen molar-refractivity contribution < 1.29 is 14.6 Å². The summed E-state index contributed by atoms with van der Waals surface area (Å²) in [6, 6.07) is 12.5. The lowest BCUT2D eigenvalue weighted by molar-refractivity contribution is 0.0697. The second-order valence-corrected chi connectivity index (χ2v) is 5.28. The minimum atomic E-state index is -1.03. The van der Waals surface area contributed by atoms with Crippen LogP contribution in [0.5, 0.6) is 5.75 Å². The van der Waals surface area contributed by atoms with E-state index in [4.69, 9.17) is 21.4 Å². The second kappa shape index (κ2) is 5.99. The number of ether oxygens (including phenoxy) is 1. The maximum absolute atomic E-state index is 11.0. The number of carboxylic acids is 1. The van der Waals surface area contributed by atoms with Crippen LogP contribution in [0.2, 0.25) is 5.02 Å². The molecule has 2 aromatic carbocycles. The molecular formula is C14H11ClO3S. The summed E-state index contributed by atoms with van der Waals surface area (Å²) >= 11 is 7.30. The molecule has 0 atom stereocenters. The third-order valence-corrected chi connectivity index (χ3v) is 3.79. The van der Waals surface area contributed by atoms with E-state index in [1.165, 1.54) is 11.8 Å². The Morgan fingerprint density at radius 1 is 1.16 bits per heavy atom. The molecule has 0 aliphatic rings. The van der Waals surface area contributed by atoms with Crippen LogP contribution in [0.4, 0.5) is 0 Å². The molecule has 98 valence electrons. The number of hydrogen-bond donors (Lipinski definition) is 1. The number of hydrogen-bond acceptors (Lipinski definition) is 3. The maximum Gasteiger partial charge on any atom is 0.337 e. The van der Waals surface area contributed by atoms with Gasteiger partial charge in [-0.3, -0.25) is 0 Å². The molecule has 0 amide bonds. The van der Waals surface area contributed by atoms with Crippen LogP contribution in [-0.2, 0) is 0 Å². The Morgan fingerprint density at radius 3 is 2.37 bits per heavy atom. The first kappa shape index (κ1) is 13.8. The van der Waals surface area contributed by atoms with Crippen molar-refractivity contribution in [3.05, 3.63) is 53.1 Å². The molecule has 0 saturated carbocycles. The Morgan fingerprint density at radius 2 is 1.79 bits per heavy atom. The van der Waals surface area contributed by atoms with Crippen LogP contribution in [0.3, 0.4) is 0 Å². The highest BCUT2D eigenvalue weighted by Gasteiger charge is 2.10. The summed E-state index contributed by atoms with van der Waals surface area (Å²) in [6.45, 7) is 0. The van der Waals surface area contributed by atoms with Crippen LogP contribution in [0.1, 0.15) is 10.4 Å². The monoisotopic (exact) mass is 294 g/mol. The number of carboxylic acid groups (broad SMARTS) is 1. The van der Waals surface area contributed by atoms with Crippen molar-refractivity contribution in [2.75, 3.05) is 7.11 Å². The van der Waals surface area contributed by atoms with Crippen molar-refractivity contribution >= 4 is 29.3 Å². The molecule has 0 unspecified atom stereocenters. The molecule has 0 aliphatic carbocycles. The summed E-state index contributed by atoms with van der Waals surface area (Å²) in [5.74, 6) is -0.242. The molecule has 1 N–H and O–H groups in total. The first-order chi connectivity index (χ1) is 9.10. The summed E-state index contributed by atoms with van der Waals surface area (Å²) in [7, 11) is 1.61. The Kier molecular flexibility index (Phi) is 4.35. The molecule has 3 nitrogen and oxygen atoms in total. The van der Waals surface area contributed by atoms with Crippen LogP contribution in [0.15, 0.2) is 52.3 Å². The summed E-state index contributed by atoms with van der Waals surface area (Å²) in [5, 5.41) is 9.26. The summed E-state index contributed by atoms with van der Waals surface area (Å²) in [5.41, 5.74) is 0.111. The lowest BCUT2D eigenvalue weighted by Gasteiger charge is -2.05. The zero-order valence-corrected chi connectivity index (χ0v) is 11.7. The van der Waals surface area contributed by atoms with Gasteiger partial charge in [0, 0.05) is 9.79 Å². The van der Waals surface area contributed by atoms with E-state index in [2.05, 4.69) is 0 Å². The number of methoxy groups -OCH3 is 1. The summed E-state index contributed by atoms with van der Waals surface area (Å²) < 4.78 is 5.08. The van der Waals surface area contributed by atoms with E-state index in [0.29, 0.717) is 0 Å². The Labute approximate surface area is 120 Å². The van der Waals surface area contributed by atoms with E-state index in [1.807, 2.05) is 24.3 Å². The van der Waals surface area contributed by atoms with Gasteiger partial charge >= 0.3 is 5.97 Å². The van der Waals surface area contributed by atoms with Crippen molar-refractivity contribution in [3.63, 3.8) is 0 Å². The molecule has 0 aliphatic heterocycles. The van der Waals surface area contributed by atoms with Crippen LogP contribution < -0.4 is 4.74 Å². The van der Waals surface area contributed by atoms with Crippen molar-refractivity contribution in [1.82, 2.24) is 0 Å². The van der Waals surface area contributed by atoms with Crippen LogP contribution >= 0.6 is 23.4 Å². The first-order valence-corrected chi connectivity index (χ1v) is 6.64. The molecule has 0 heterocycles. The van der Waals surface area contributed by atoms with E-state index < -0.39 is 5.97 Å². The predicted molar refractivity (Wildman–Crippen MR) is 75.5 cm³/mol. The zero-order valence-electron chi connectivity index (χ0n) is 10.1. The molecule has 0 radical (unpaired) electrons. The van der Waals surface area contributed by atoms with Crippen molar-refractivity contribution in [1.29, 1.82) is 0 Å². The fourth-order valence-corrected chi connectivity index (χ4v) is 2.57. The van der Waals surface area contributed by atoms with Crippen molar-refractivity contribution in [3.8, 4) is 5.75 Å². The van der Waals surface area contributed by atoms with Gasteiger partial charge in [0.1, 0.15) is 5.75 Å². The number of halogens is 1. The average molecular weight is 295 g/mol. The fraction of sp³-hybridized carbons (Fsp3) is 0.0714. The standard InChI is InChI=1S/C14H11ClO3S/c1-18-9-2-4-10(5-3-9)19-11-6-7-13(15)12(8-11)14(16)17/h2-8H,1H3,(H,16,17). The van der Waals surface area contributed by atoms with Gasteiger partial charge in [-0.15, -0.1) is 0 Å². The molecule has 5 heteroatoms. The highest BCUT2D eigenvalue weighted by atomic mass is 35.5. The molecule has 0 saturated heterocycles. The van der Waals surface area contributed by atoms with Gasteiger partial charge in [0.15, 0.2) is 0 Å². The predicted octanol–water partition coefficient (Wildman–Crippen LogP) is 4.20. The summed E-state index contributed by atoms with van der Waals surface area (Å²) in [4.78, 5) is 12.8. The third kappa shape index (κ3) is 3.43. The molecule has 0 aromatic heterocycles. The van der Waals surface area contributed by atoms with Crippen LogP contribution in [0, 0.1) is 0 Å². The van der Waals surface area contributed by atoms with Gasteiger partial charge in [-0.25, -0.2) is 4.79 Å². The first-order valence-electron chi connectivity index (χ1n) is 5.45. The number of rotatable bonds is 4. The number of benzene rings is 2. The van der Waals surface area contributed by atoms with Gasteiger partial charge in [-0.1, -0.05) is 23.4 Å². The lowest BCUT2D eigenvalue weighted by atomic mass is 10.2.